The van der Waals surface area contributed by atoms with Gasteiger partial charge in [-0.2, -0.15) is 0 Å². The van der Waals surface area contributed by atoms with Gasteiger partial charge < -0.3 is 20.3 Å². The van der Waals surface area contributed by atoms with Crippen molar-refractivity contribution in [3.05, 3.63) is 64.2 Å². The van der Waals surface area contributed by atoms with Crippen LogP contribution in [-0.4, -0.2) is 33.8 Å². The molecule has 2 aromatic carbocycles. The normalized spacial score (nSPS) is 11.5. The van der Waals surface area contributed by atoms with E-state index in [0.717, 1.165) is 11.6 Å². The predicted octanol–water partition coefficient (Wildman–Crippen LogP) is 1.82. The Morgan fingerprint density at radius 3 is 2.58 bits per heavy atom. The Bertz CT molecular complexity index is 720. The van der Waals surface area contributed by atoms with Crippen LogP contribution in [0.5, 0.6) is 5.75 Å². The fraction of sp³-hybridized carbons (Fsp3) is 0.188. The molecule has 0 aromatic heterocycles. The molecule has 24 heavy (non-hydrogen) atoms. The average Bonchev–Trinajstić information content (AvgIpc) is 2.59. The summed E-state index contributed by atoms with van der Waals surface area (Å²) in [5.41, 5.74) is 0.690. The first kappa shape index (κ1) is 17.2. The third-order valence-corrected chi connectivity index (χ3v) is 3.17. The van der Waals surface area contributed by atoms with Crippen molar-refractivity contribution in [1.29, 1.82) is 0 Å². The smallest absolute Gasteiger partial charge is 0.337 e. The molecule has 1 unspecified atom stereocenters. The number of carbonyl (C=O) groups excluding carboxylic acids is 1. The summed E-state index contributed by atoms with van der Waals surface area (Å²) >= 11 is 0. The first-order valence-corrected chi connectivity index (χ1v) is 7.07. The van der Waals surface area contributed by atoms with Crippen LogP contribution in [0.1, 0.15) is 5.56 Å². The van der Waals surface area contributed by atoms with Crippen LogP contribution in [0.2, 0.25) is 0 Å². The minimum atomic E-state index is -1.44. The highest BCUT2D eigenvalue weighted by Crippen LogP contribution is 2.27. The van der Waals surface area contributed by atoms with Gasteiger partial charge in [0.25, 0.3) is 5.69 Å². The van der Waals surface area contributed by atoms with Crippen LogP contribution in [0.4, 0.5) is 11.4 Å². The van der Waals surface area contributed by atoms with Crippen molar-refractivity contribution in [2.75, 3.05) is 11.9 Å². The number of nitrogens with zero attached hydrogens (tertiary/aromatic N) is 1. The minimum Gasteiger partial charge on any atom is -0.506 e. The van der Waals surface area contributed by atoms with Gasteiger partial charge in [0.2, 0.25) is 0 Å². The number of phenolic OH excluding ortho intramolecular Hbond substituents is 1. The number of esters is 1. The number of nitro benzene ring substituents is 1. The van der Waals surface area contributed by atoms with E-state index in [1.54, 1.807) is 24.3 Å². The number of benzene rings is 2. The van der Waals surface area contributed by atoms with E-state index in [-0.39, 0.29) is 30.3 Å². The standard InChI is InChI=1S/C16H16N2O6/c19-14-8-12(18(22)23)6-7-13(14)17-9-15(20)16(21)24-10-11-4-2-1-3-5-11/h1-8,15,17,19-20H,9-10H2. The SMILES string of the molecule is O=C(OCc1ccccc1)C(O)CNc1ccc([N+](=O)[O-])cc1O. The number of ether oxygens (including phenoxy) is 1. The lowest BCUT2D eigenvalue weighted by molar-refractivity contribution is -0.384. The molecule has 0 aliphatic rings. The number of rotatable bonds is 7. The number of aliphatic hydroxyl groups is 1. The molecule has 2 rings (SSSR count). The average molecular weight is 332 g/mol. The van der Waals surface area contributed by atoms with E-state index >= 15 is 0 Å². The van der Waals surface area contributed by atoms with Crippen LogP contribution in [-0.2, 0) is 16.1 Å². The molecule has 0 spiro atoms. The molecule has 2 aromatic rings. The summed E-state index contributed by atoms with van der Waals surface area (Å²) in [5.74, 6) is -1.16. The van der Waals surface area contributed by atoms with Crippen molar-refractivity contribution >= 4 is 17.3 Å². The number of nitrogens with one attached hydrogen (secondary N) is 1. The second-order valence-electron chi connectivity index (χ2n) is 4.95. The summed E-state index contributed by atoms with van der Waals surface area (Å²) in [7, 11) is 0. The molecule has 3 N–H and O–H groups in total. The minimum absolute atomic E-state index is 0.0412. The lowest BCUT2D eigenvalue weighted by Gasteiger charge is -2.13. The van der Waals surface area contributed by atoms with Crippen molar-refractivity contribution in [2.24, 2.45) is 0 Å². The molecular weight excluding hydrogens is 316 g/mol. The van der Waals surface area contributed by atoms with Gasteiger partial charge in [-0.05, 0) is 11.6 Å². The molecule has 0 amide bonds. The van der Waals surface area contributed by atoms with Gasteiger partial charge >= 0.3 is 5.97 Å². The maximum atomic E-state index is 11.7. The molecule has 0 heterocycles. The quantitative estimate of drug-likeness (QED) is 0.306. The number of hydrogen-bond donors (Lipinski definition) is 3. The second-order valence-corrected chi connectivity index (χ2v) is 4.95. The van der Waals surface area contributed by atoms with Crippen molar-refractivity contribution in [3.8, 4) is 5.75 Å². The fourth-order valence-electron chi connectivity index (χ4n) is 1.90. The zero-order chi connectivity index (χ0) is 17.5. The van der Waals surface area contributed by atoms with Crippen molar-refractivity contribution in [2.45, 2.75) is 12.7 Å². The molecule has 0 aliphatic heterocycles. The van der Waals surface area contributed by atoms with Gasteiger partial charge in [-0.1, -0.05) is 30.3 Å². The first-order chi connectivity index (χ1) is 11.5. The van der Waals surface area contributed by atoms with Crippen LogP contribution < -0.4 is 5.32 Å². The van der Waals surface area contributed by atoms with Gasteiger partial charge in [-0.25, -0.2) is 4.79 Å². The summed E-state index contributed by atoms with van der Waals surface area (Å²) in [6.45, 7) is -0.168. The third kappa shape index (κ3) is 4.68. The van der Waals surface area contributed by atoms with Gasteiger partial charge in [-0.15, -0.1) is 0 Å². The van der Waals surface area contributed by atoms with E-state index in [1.165, 1.54) is 12.1 Å². The number of nitro groups is 1. The zero-order valence-electron chi connectivity index (χ0n) is 12.6. The summed E-state index contributed by atoms with van der Waals surface area (Å²) in [5, 5.41) is 32.7. The largest absolute Gasteiger partial charge is 0.506 e. The third-order valence-electron chi connectivity index (χ3n) is 3.17. The number of non-ortho nitro benzene ring substituents is 1. The maximum Gasteiger partial charge on any atom is 0.337 e. The van der Waals surface area contributed by atoms with Crippen LogP contribution in [0.3, 0.4) is 0 Å². The molecule has 0 saturated heterocycles. The molecule has 1 atom stereocenters. The molecule has 0 bridgehead atoms. The first-order valence-electron chi connectivity index (χ1n) is 7.07. The predicted molar refractivity (Wildman–Crippen MR) is 85.5 cm³/mol. The number of aliphatic hydroxyl groups excluding tert-OH is 1. The van der Waals surface area contributed by atoms with Gasteiger partial charge in [0.15, 0.2) is 6.10 Å². The monoisotopic (exact) mass is 332 g/mol. The lowest BCUT2D eigenvalue weighted by atomic mass is 10.2. The highest BCUT2D eigenvalue weighted by molar-refractivity contribution is 5.75. The van der Waals surface area contributed by atoms with Crippen LogP contribution >= 0.6 is 0 Å². The van der Waals surface area contributed by atoms with E-state index in [0.29, 0.717) is 0 Å². The Labute approximate surface area is 137 Å². The highest BCUT2D eigenvalue weighted by atomic mass is 16.6. The van der Waals surface area contributed by atoms with Gasteiger partial charge in [0, 0.05) is 6.07 Å². The number of hydrogen-bond acceptors (Lipinski definition) is 7. The van der Waals surface area contributed by atoms with Crippen molar-refractivity contribution in [3.63, 3.8) is 0 Å². The summed E-state index contributed by atoms with van der Waals surface area (Å²) < 4.78 is 4.98. The molecule has 0 saturated carbocycles. The van der Waals surface area contributed by atoms with Crippen LogP contribution in [0.15, 0.2) is 48.5 Å². The second kappa shape index (κ2) is 7.93. The van der Waals surface area contributed by atoms with E-state index in [2.05, 4.69) is 5.32 Å². The Balaban J connectivity index is 1.85. The van der Waals surface area contributed by atoms with E-state index in [4.69, 9.17) is 4.74 Å². The molecule has 0 radical (unpaired) electrons. The Kier molecular flexibility index (Phi) is 5.69. The molecule has 126 valence electrons. The summed E-state index contributed by atoms with van der Waals surface area (Å²) in [6, 6.07) is 12.5. The zero-order valence-corrected chi connectivity index (χ0v) is 12.6. The van der Waals surface area contributed by atoms with E-state index in [1.807, 2.05) is 6.07 Å². The van der Waals surface area contributed by atoms with E-state index in [9.17, 15) is 25.1 Å². The molecule has 8 nitrogen and oxygen atoms in total. The van der Waals surface area contributed by atoms with Crippen LogP contribution in [0.25, 0.3) is 0 Å². The van der Waals surface area contributed by atoms with Crippen molar-refractivity contribution < 1.29 is 24.7 Å². The van der Waals surface area contributed by atoms with Crippen LogP contribution in [0, 0.1) is 10.1 Å². The van der Waals surface area contributed by atoms with E-state index < -0.39 is 17.0 Å². The van der Waals surface area contributed by atoms with Gasteiger partial charge in [-0.3, -0.25) is 10.1 Å². The van der Waals surface area contributed by atoms with Gasteiger partial charge in [0.1, 0.15) is 12.4 Å². The number of phenols is 1. The number of aromatic hydroxyl groups is 1. The summed E-state index contributed by atoms with van der Waals surface area (Å²) in [6.07, 6.45) is -1.44. The Hall–Kier alpha value is -3.13. The van der Waals surface area contributed by atoms with Crippen molar-refractivity contribution in [1.82, 2.24) is 0 Å². The molecule has 0 aliphatic carbocycles. The van der Waals surface area contributed by atoms with Gasteiger partial charge in [0.05, 0.1) is 23.2 Å². The Morgan fingerprint density at radius 1 is 1.25 bits per heavy atom. The maximum absolute atomic E-state index is 11.7. The molecule has 0 fully saturated rings. The fourth-order valence-corrected chi connectivity index (χ4v) is 1.90. The number of anilines is 1. The topological polar surface area (TPSA) is 122 Å². The number of carbonyl (C=O) groups is 1. The summed E-state index contributed by atoms with van der Waals surface area (Å²) in [4.78, 5) is 21.6. The highest BCUT2D eigenvalue weighted by Gasteiger charge is 2.18. The molecular formula is C16H16N2O6. The molecule has 8 heteroatoms. The Morgan fingerprint density at radius 2 is 1.96 bits per heavy atom. The lowest BCUT2D eigenvalue weighted by Crippen LogP contribution is -2.30.